The first-order valence-electron chi connectivity index (χ1n) is 9.36. The van der Waals surface area contributed by atoms with E-state index in [1.54, 1.807) is 12.1 Å². The third kappa shape index (κ3) is 4.39. The molecule has 2 aromatic carbocycles. The molecule has 1 heterocycles. The highest BCUT2D eigenvalue weighted by atomic mass is 16.5. The van der Waals surface area contributed by atoms with Gasteiger partial charge in [-0.1, -0.05) is 38.1 Å². The molecule has 1 amide bonds. The molecular formula is C22H24N2O4. The largest absolute Gasteiger partial charge is 0.494 e. The number of ether oxygens (including phenoxy) is 2. The van der Waals surface area contributed by atoms with Crippen LogP contribution in [0.4, 0.5) is 11.4 Å². The van der Waals surface area contributed by atoms with E-state index in [1.807, 2.05) is 57.2 Å². The van der Waals surface area contributed by atoms with E-state index in [0.717, 1.165) is 5.56 Å². The second kappa shape index (κ2) is 8.69. The number of aliphatic imine (C=N–C) groups is 1. The Morgan fingerprint density at radius 3 is 2.79 bits per heavy atom. The highest BCUT2D eigenvalue weighted by Crippen LogP contribution is 2.27. The van der Waals surface area contributed by atoms with Gasteiger partial charge in [-0.25, -0.2) is 0 Å². The van der Waals surface area contributed by atoms with Gasteiger partial charge in [0.05, 0.1) is 18.0 Å². The fourth-order valence-corrected chi connectivity index (χ4v) is 3.10. The Morgan fingerprint density at radius 1 is 1.25 bits per heavy atom. The molecule has 3 rings (SSSR count). The first-order valence-corrected chi connectivity index (χ1v) is 9.36. The molecule has 0 saturated carbocycles. The van der Waals surface area contributed by atoms with E-state index in [9.17, 15) is 9.59 Å². The minimum absolute atomic E-state index is 0.00160. The molecule has 28 heavy (non-hydrogen) atoms. The lowest BCUT2D eigenvalue weighted by molar-refractivity contribution is -0.143. The van der Waals surface area contributed by atoms with E-state index >= 15 is 0 Å². The van der Waals surface area contributed by atoms with Crippen LogP contribution in [0.2, 0.25) is 0 Å². The van der Waals surface area contributed by atoms with E-state index in [4.69, 9.17) is 9.47 Å². The Morgan fingerprint density at radius 2 is 2.04 bits per heavy atom. The number of cyclic esters (lactones) is 1. The van der Waals surface area contributed by atoms with E-state index < -0.39 is 17.8 Å². The SMILES string of the molecule is CCOc1cccc(N=C2COC(=O)C2C(=O)Nc2ccccc2C(C)C)c1. The lowest BCUT2D eigenvalue weighted by Gasteiger charge is -2.15. The maximum Gasteiger partial charge on any atom is 0.324 e. The Bertz CT molecular complexity index is 905. The van der Waals surface area contributed by atoms with Gasteiger partial charge in [0.25, 0.3) is 0 Å². The van der Waals surface area contributed by atoms with Crippen LogP contribution in [0.15, 0.2) is 53.5 Å². The molecule has 0 aromatic heterocycles. The van der Waals surface area contributed by atoms with Gasteiger partial charge in [0.15, 0.2) is 5.92 Å². The Kier molecular flexibility index (Phi) is 6.09. The van der Waals surface area contributed by atoms with Crippen LogP contribution in [-0.2, 0) is 14.3 Å². The van der Waals surface area contributed by atoms with Crippen molar-refractivity contribution in [1.82, 2.24) is 0 Å². The number of anilines is 1. The Hall–Kier alpha value is -3.15. The summed E-state index contributed by atoms with van der Waals surface area (Å²) in [7, 11) is 0. The number of hydrogen-bond donors (Lipinski definition) is 1. The summed E-state index contributed by atoms with van der Waals surface area (Å²) in [6.07, 6.45) is 0. The maximum absolute atomic E-state index is 12.9. The van der Waals surface area contributed by atoms with Gasteiger partial charge in [0.1, 0.15) is 12.4 Å². The summed E-state index contributed by atoms with van der Waals surface area (Å²) < 4.78 is 10.6. The van der Waals surface area contributed by atoms with Gasteiger partial charge in [-0.2, -0.15) is 0 Å². The number of nitrogens with zero attached hydrogens (tertiary/aromatic N) is 1. The molecule has 1 saturated heterocycles. The third-order valence-electron chi connectivity index (χ3n) is 4.44. The predicted molar refractivity (Wildman–Crippen MR) is 108 cm³/mol. The van der Waals surface area contributed by atoms with Crippen LogP contribution in [0, 0.1) is 5.92 Å². The molecule has 1 aliphatic heterocycles. The highest BCUT2D eigenvalue weighted by molar-refractivity contribution is 6.25. The van der Waals surface area contributed by atoms with E-state index in [0.29, 0.717) is 29.4 Å². The number of amides is 1. The second-order valence-corrected chi connectivity index (χ2v) is 6.81. The molecule has 2 aromatic rings. The quantitative estimate of drug-likeness (QED) is 0.605. The molecule has 6 nitrogen and oxygen atoms in total. The van der Waals surface area contributed by atoms with Crippen LogP contribution in [0.3, 0.4) is 0 Å². The number of carbonyl (C=O) groups excluding carboxylic acids is 2. The summed E-state index contributed by atoms with van der Waals surface area (Å²) >= 11 is 0. The van der Waals surface area contributed by atoms with Crippen LogP contribution in [0.1, 0.15) is 32.3 Å². The fraction of sp³-hybridized carbons (Fsp3) is 0.318. The lowest BCUT2D eigenvalue weighted by atomic mass is 10.00. The number of nitrogens with one attached hydrogen (secondary N) is 1. The summed E-state index contributed by atoms with van der Waals surface area (Å²) in [5.74, 6) is -1.16. The molecule has 1 atom stereocenters. The molecule has 1 aliphatic rings. The van der Waals surface area contributed by atoms with Gasteiger partial charge in [0, 0.05) is 11.8 Å². The number of carbonyl (C=O) groups is 2. The van der Waals surface area contributed by atoms with Crippen LogP contribution < -0.4 is 10.1 Å². The lowest BCUT2D eigenvalue weighted by Crippen LogP contribution is -2.31. The fourth-order valence-electron chi connectivity index (χ4n) is 3.10. The topological polar surface area (TPSA) is 77.0 Å². The van der Waals surface area contributed by atoms with Crippen molar-refractivity contribution in [2.75, 3.05) is 18.5 Å². The van der Waals surface area contributed by atoms with Crippen LogP contribution in [0.5, 0.6) is 5.75 Å². The Labute approximate surface area is 164 Å². The van der Waals surface area contributed by atoms with Crippen molar-refractivity contribution in [3.8, 4) is 5.75 Å². The number of rotatable bonds is 6. The summed E-state index contributed by atoms with van der Waals surface area (Å²) in [6, 6.07) is 14.8. The highest BCUT2D eigenvalue weighted by Gasteiger charge is 2.39. The average Bonchev–Trinajstić information content (AvgIpc) is 3.03. The number of para-hydroxylation sites is 1. The first kappa shape index (κ1) is 19.6. The van der Waals surface area contributed by atoms with Gasteiger partial charge in [-0.05, 0) is 36.6 Å². The van der Waals surface area contributed by atoms with Crippen LogP contribution in [-0.4, -0.2) is 30.8 Å². The van der Waals surface area contributed by atoms with Crippen LogP contribution >= 0.6 is 0 Å². The van der Waals surface area contributed by atoms with Crippen LogP contribution in [0.25, 0.3) is 0 Å². The van der Waals surface area contributed by atoms with Gasteiger partial charge < -0.3 is 14.8 Å². The molecule has 1 N–H and O–H groups in total. The smallest absolute Gasteiger partial charge is 0.324 e. The molecule has 0 radical (unpaired) electrons. The standard InChI is InChI=1S/C22H24N2O4/c1-4-27-16-9-7-8-15(12-16)23-19-13-28-22(26)20(19)21(25)24-18-11-6-5-10-17(18)14(2)3/h5-12,14,20H,4,13H2,1-3H3,(H,24,25). The number of benzene rings is 2. The molecule has 1 unspecified atom stereocenters. The zero-order chi connectivity index (χ0) is 20.1. The average molecular weight is 380 g/mol. The summed E-state index contributed by atoms with van der Waals surface area (Å²) in [6.45, 7) is 6.54. The molecule has 6 heteroatoms. The summed E-state index contributed by atoms with van der Waals surface area (Å²) in [5, 5.41) is 2.87. The van der Waals surface area contributed by atoms with E-state index in [-0.39, 0.29) is 12.5 Å². The van der Waals surface area contributed by atoms with Crippen molar-refractivity contribution in [3.05, 3.63) is 54.1 Å². The normalized spacial score (nSPS) is 17.6. The predicted octanol–water partition coefficient (Wildman–Crippen LogP) is 4.09. The second-order valence-electron chi connectivity index (χ2n) is 6.81. The minimum Gasteiger partial charge on any atom is -0.494 e. The number of esters is 1. The van der Waals surface area contributed by atoms with Gasteiger partial charge >= 0.3 is 5.97 Å². The molecule has 0 spiro atoms. The van der Waals surface area contributed by atoms with E-state index in [2.05, 4.69) is 10.3 Å². The van der Waals surface area contributed by atoms with Crippen molar-refractivity contribution in [3.63, 3.8) is 0 Å². The molecule has 0 aliphatic carbocycles. The molecular weight excluding hydrogens is 356 g/mol. The van der Waals surface area contributed by atoms with Crippen molar-refractivity contribution < 1.29 is 19.1 Å². The van der Waals surface area contributed by atoms with Crippen molar-refractivity contribution in [2.45, 2.75) is 26.7 Å². The first-order chi connectivity index (χ1) is 13.5. The maximum atomic E-state index is 12.9. The van der Waals surface area contributed by atoms with Gasteiger partial charge in [-0.3, -0.25) is 14.6 Å². The van der Waals surface area contributed by atoms with Crippen molar-refractivity contribution >= 4 is 29.0 Å². The zero-order valence-electron chi connectivity index (χ0n) is 16.3. The molecule has 146 valence electrons. The third-order valence-corrected chi connectivity index (χ3v) is 4.44. The van der Waals surface area contributed by atoms with Gasteiger partial charge in [-0.15, -0.1) is 0 Å². The Balaban J connectivity index is 1.84. The molecule has 1 fully saturated rings. The molecule has 0 bridgehead atoms. The summed E-state index contributed by atoms with van der Waals surface area (Å²) in [4.78, 5) is 29.5. The van der Waals surface area contributed by atoms with Crippen molar-refractivity contribution in [1.29, 1.82) is 0 Å². The number of hydrogen-bond acceptors (Lipinski definition) is 5. The van der Waals surface area contributed by atoms with E-state index in [1.165, 1.54) is 0 Å². The van der Waals surface area contributed by atoms with Gasteiger partial charge in [0.2, 0.25) is 5.91 Å². The minimum atomic E-state index is -1.06. The zero-order valence-corrected chi connectivity index (χ0v) is 16.3. The summed E-state index contributed by atoms with van der Waals surface area (Å²) in [5.41, 5.74) is 2.70. The van der Waals surface area contributed by atoms with Crippen molar-refractivity contribution in [2.24, 2.45) is 10.9 Å². The monoisotopic (exact) mass is 380 g/mol.